The van der Waals surface area contributed by atoms with E-state index < -0.39 is 48.1 Å². The van der Waals surface area contributed by atoms with Gasteiger partial charge in [0.2, 0.25) is 23.6 Å². The van der Waals surface area contributed by atoms with Crippen LogP contribution in [0.1, 0.15) is 77.4 Å². The zero-order valence-corrected chi connectivity index (χ0v) is 25.5. The van der Waals surface area contributed by atoms with E-state index in [1.807, 2.05) is 6.08 Å². The van der Waals surface area contributed by atoms with Crippen molar-refractivity contribution in [2.24, 2.45) is 5.92 Å². The van der Waals surface area contributed by atoms with E-state index in [1.165, 1.54) is 31.1 Å². The van der Waals surface area contributed by atoms with Crippen LogP contribution in [0.15, 0.2) is 66.8 Å². The van der Waals surface area contributed by atoms with Gasteiger partial charge in [-0.25, -0.2) is 0 Å². The zero-order chi connectivity index (χ0) is 31.6. The number of rotatable bonds is 13. The highest BCUT2D eigenvalue weighted by Crippen LogP contribution is 2.18. The maximum Gasteiger partial charge on any atom is 0.246 e. The molecule has 4 amide bonds. The Balaban J connectivity index is 2.12. The fourth-order valence-electron chi connectivity index (χ4n) is 4.55. The van der Waals surface area contributed by atoms with Crippen LogP contribution in [0.3, 0.4) is 0 Å². The van der Waals surface area contributed by atoms with Crippen LogP contribution >= 0.6 is 0 Å². The molecule has 0 saturated heterocycles. The minimum absolute atomic E-state index is 0.131. The third-order valence-electron chi connectivity index (χ3n) is 7.01. The molecule has 0 fully saturated rings. The van der Waals surface area contributed by atoms with Gasteiger partial charge in [-0.3, -0.25) is 19.2 Å². The van der Waals surface area contributed by atoms with Crippen LogP contribution in [0.25, 0.3) is 0 Å². The molecule has 2 rings (SSSR count). The van der Waals surface area contributed by atoms with E-state index in [4.69, 9.17) is 0 Å². The minimum atomic E-state index is -1.42. The molecule has 0 saturated carbocycles. The number of carbonyl (C=O) groups is 4. The van der Waals surface area contributed by atoms with Crippen LogP contribution in [-0.2, 0) is 19.2 Å². The molecule has 1 aromatic rings. The van der Waals surface area contributed by atoms with Crippen molar-refractivity contribution >= 4 is 23.6 Å². The first-order valence-corrected chi connectivity index (χ1v) is 15.2. The second kappa shape index (κ2) is 19.4. The summed E-state index contributed by atoms with van der Waals surface area (Å²) in [6, 6.07) is 5.32. The van der Waals surface area contributed by atoms with Crippen LogP contribution in [-0.4, -0.2) is 64.6 Å². The van der Waals surface area contributed by atoms with Gasteiger partial charge in [0.05, 0.1) is 6.10 Å². The molecule has 0 spiro atoms. The third kappa shape index (κ3) is 14.3. The smallest absolute Gasteiger partial charge is 0.246 e. The van der Waals surface area contributed by atoms with Crippen LogP contribution in [0.4, 0.5) is 0 Å². The predicted octanol–water partition coefficient (Wildman–Crippen LogP) is 2.74. The molecule has 0 aliphatic carbocycles. The van der Waals surface area contributed by atoms with Crippen molar-refractivity contribution in [2.75, 3.05) is 6.54 Å². The van der Waals surface area contributed by atoms with E-state index in [9.17, 15) is 29.4 Å². The Morgan fingerprint density at radius 3 is 2.56 bits per heavy atom. The van der Waals surface area contributed by atoms with Crippen molar-refractivity contribution in [3.63, 3.8) is 0 Å². The van der Waals surface area contributed by atoms with Crippen molar-refractivity contribution in [1.29, 1.82) is 0 Å². The molecule has 236 valence electrons. The van der Waals surface area contributed by atoms with Gasteiger partial charge >= 0.3 is 0 Å². The van der Waals surface area contributed by atoms with E-state index in [0.29, 0.717) is 11.5 Å². The Bertz CT molecular complexity index is 1120. The van der Waals surface area contributed by atoms with Gasteiger partial charge < -0.3 is 31.5 Å². The molecule has 0 radical (unpaired) electrons. The molecular formula is C33H48N4O6. The summed E-state index contributed by atoms with van der Waals surface area (Å²) in [4.78, 5) is 51.2. The summed E-state index contributed by atoms with van der Waals surface area (Å²) >= 11 is 0. The van der Waals surface area contributed by atoms with Crippen molar-refractivity contribution in [3.8, 4) is 0 Å². The summed E-state index contributed by atoms with van der Waals surface area (Å²) in [6.07, 6.45) is 12.6. The van der Waals surface area contributed by atoms with E-state index in [-0.39, 0.29) is 25.3 Å². The molecule has 43 heavy (non-hydrogen) atoms. The lowest BCUT2D eigenvalue weighted by Gasteiger charge is -2.28. The average Bonchev–Trinajstić information content (AvgIpc) is 2.97. The molecule has 5 atom stereocenters. The lowest BCUT2D eigenvalue weighted by molar-refractivity contribution is -0.134. The van der Waals surface area contributed by atoms with Gasteiger partial charge in [0.25, 0.3) is 0 Å². The van der Waals surface area contributed by atoms with Gasteiger partial charge in [-0.15, -0.1) is 0 Å². The SMILES string of the molecule is CC(C)CCCCC/C=C/C=C/C(=O)N[C@H](C(=O)N[C@H]1C[C@@H](O)CCNC(=O)/C=C\[C@H](C)NC1=O)[C@H](O)c1ccccc1. The molecular weight excluding hydrogens is 548 g/mol. The summed E-state index contributed by atoms with van der Waals surface area (Å²) in [7, 11) is 0. The van der Waals surface area contributed by atoms with Gasteiger partial charge in [0.1, 0.15) is 18.2 Å². The average molecular weight is 597 g/mol. The number of allylic oxidation sites excluding steroid dienone is 3. The minimum Gasteiger partial charge on any atom is -0.393 e. The molecule has 1 heterocycles. The Hall–Kier alpha value is -3.76. The first-order valence-electron chi connectivity index (χ1n) is 15.2. The fraction of sp³-hybridized carbons (Fsp3) is 0.515. The number of aliphatic hydroxyl groups excluding tert-OH is 2. The lowest BCUT2D eigenvalue weighted by atomic mass is 9.99. The number of aliphatic hydroxyl groups is 2. The Morgan fingerprint density at radius 1 is 1.09 bits per heavy atom. The molecule has 0 aromatic heterocycles. The number of unbranched alkanes of at least 4 members (excludes halogenated alkanes) is 3. The molecule has 1 aliphatic rings. The molecule has 1 aromatic carbocycles. The van der Waals surface area contributed by atoms with E-state index in [2.05, 4.69) is 35.1 Å². The van der Waals surface area contributed by atoms with E-state index in [1.54, 1.807) is 49.4 Å². The number of amides is 4. The van der Waals surface area contributed by atoms with E-state index in [0.717, 1.165) is 19.3 Å². The highest BCUT2D eigenvalue weighted by atomic mass is 16.3. The molecule has 0 unspecified atom stereocenters. The second-order valence-corrected chi connectivity index (χ2v) is 11.3. The number of hydrogen-bond acceptors (Lipinski definition) is 6. The number of carbonyl (C=O) groups excluding carboxylic acids is 4. The van der Waals surface area contributed by atoms with E-state index >= 15 is 0 Å². The number of nitrogens with one attached hydrogen (secondary N) is 4. The summed E-state index contributed by atoms with van der Waals surface area (Å²) in [6.45, 7) is 6.28. The van der Waals surface area contributed by atoms with Crippen molar-refractivity contribution in [2.45, 2.75) is 96.1 Å². The molecule has 6 N–H and O–H groups in total. The van der Waals surface area contributed by atoms with Crippen molar-refractivity contribution in [1.82, 2.24) is 21.3 Å². The predicted molar refractivity (Wildman–Crippen MR) is 166 cm³/mol. The highest BCUT2D eigenvalue weighted by molar-refractivity contribution is 5.95. The lowest BCUT2D eigenvalue weighted by Crippen LogP contribution is -2.56. The summed E-state index contributed by atoms with van der Waals surface area (Å²) in [5.74, 6) is -1.58. The second-order valence-electron chi connectivity index (χ2n) is 11.3. The van der Waals surface area contributed by atoms with Gasteiger partial charge in [-0.05, 0) is 37.7 Å². The Morgan fingerprint density at radius 2 is 1.84 bits per heavy atom. The maximum atomic E-state index is 13.5. The topological polar surface area (TPSA) is 157 Å². The fourth-order valence-corrected chi connectivity index (χ4v) is 4.55. The van der Waals surface area contributed by atoms with Gasteiger partial charge in [-0.2, -0.15) is 0 Å². The summed E-state index contributed by atoms with van der Waals surface area (Å²) < 4.78 is 0. The monoisotopic (exact) mass is 596 g/mol. The molecule has 10 nitrogen and oxygen atoms in total. The molecule has 10 heteroatoms. The van der Waals surface area contributed by atoms with Crippen LogP contribution < -0.4 is 21.3 Å². The van der Waals surface area contributed by atoms with Gasteiger partial charge in [-0.1, -0.05) is 87.7 Å². The number of hydrogen-bond donors (Lipinski definition) is 6. The van der Waals surface area contributed by atoms with Crippen LogP contribution in [0, 0.1) is 5.92 Å². The summed E-state index contributed by atoms with van der Waals surface area (Å²) in [5, 5.41) is 32.1. The largest absolute Gasteiger partial charge is 0.393 e. The first kappa shape index (κ1) is 35.4. The zero-order valence-electron chi connectivity index (χ0n) is 25.5. The normalized spacial score (nSPS) is 22.2. The Kier molecular flexibility index (Phi) is 16.0. The third-order valence-corrected chi connectivity index (χ3v) is 7.01. The van der Waals surface area contributed by atoms with Crippen LogP contribution in [0.2, 0.25) is 0 Å². The molecule has 0 bridgehead atoms. The van der Waals surface area contributed by atoms with Gasteiger partial charge in [0.15, 0.2) is 0 Å². The Labute approximate surface area is 255 Å². The van der Waals surface area contributed by atoms with Crippen molar-refractivity contribution in [3.05, 3.63) is 72.4 Å². The van der Waals surface area contributed by atoms with Crippen LogP contribution in [0.5, 0.6) is 0 Å². The first-order chi connectivity index (χ1) is 20.6. The molecule has 1 aliphatic heterocycles. The summed E-state index contributed by atoms with van der Waals surface area (Å²) in [5.41, 5.74) is 0.405. The van der Waals surface area contributed by atoms with Gasteiger partial charge in [0, 0.05) is 31.2 Å². The van der Waals surface area contributed by atoms with Crippen molar-refractivity contribution < 1.29 is 29.4 Å². The standard InChI is InChI=1S/C33H48N4O6/c1-23(2)14-10-7-5-4-6-8-13-17-29(40)37-30(31(41)25-15-11-9-12-16-25)33(43)36-27-22-26(38)20-21-34-28(39)19-18-24(3)35-32(27)42/h6,8-9,11-13,15-19,23-24,26-27,30-31,38,41H,4-5,7,10,14,20-22H2,1-3H3,(H,34,39)(H,35,42)(H,36,43)(H,37,40)/b8-6+,17-13+,19-18-/t24-,26-,27-,30-,31+/m0/s1. The quantitative estimate of drug-likeness (QED) is 0.117. The maximum absolute atomic E-state index is 13.5. The number of benzene rings is 1. The highest BCUT2D eigenvalue weighted by Gasteiger charge is 2.33.